The van der Waals surface area contributed by atoms with Gasteiger partial charge in [0, 0.05) is 24.2 Å². The maximum atomic E-state index is 13.9. The average molecular weight is 572 g/mol. The number of carbonyl (C=O) groups excluding carboxylic acids is 2. The fourth-order valence-corrected chi connectivity index (χ4v) is 8.47. The predicted molar refractivity (Wildman–Crippen MR) is 151 cm³/mol. The number of hydrogen-bond donors (Lipinski definition) is 3. The molecule has 4 fully saturated rings. The zero-order chi connectivity index (χ0) is 28.1. The van der Waals surface area contributed by atoms with E-state index < -0.39 is 63.6 Å². The molecule has 2 saturated heterocycles. The van der Waals surface area contributed by atoms with Crippen molar-refractivity contribution >= 4 is 24.2 Å². The molecule has 2 heterocycles. The molecule has 39 heavy (non-hydrogen) atoms. The molecule has 224 valence electrons. The van der Waals surface area contributed by atoms with Crippen molar-refractivity contribution in [3.05, 3.63) is 12.7 Å². The van der Waals surface area contributed by atoms with Crippen molar-refractivity contribution in [1.29, 1.82) is 0 Å². The van der Waals surface area contributed by atoms with Gasteiger partial charge >= 0.3 is 5.97 Å². The summed E-state index contributed by atoms with van der Waals surface area (Å²) in [5, 5.41) is 35.7. The Hall–Kier alpha value is -1.03. The van der Waals surface area contributed by atoms with E-state index in [0.29, 0.717) is 19.3 Å². The van der Waals surface area contributed by atoms with E-state index in [-0.39, 0.29) is 25.2 Å². The zero-order valence-electron chi connectivity index (χ0n) is 24.4. The van der Waals surface area contributed by atoms with Crippen LogP contribution in [0.5, 0.6) is 0 Å². The number of hydrogen-bond acceptors (Lipinski definition) is 8. The second kappa shape index (κ2) is 11.3. The number of piperidine rings is 1. The van der Waals surface area contributed by atoms with Gasteiger partial charge in [-0.3, -0.25) is 9.59 Å². The predicted octanol–water partition coefficient (Wildman–Crippen LogP) is 3.58. The zero-order valence-corrected chi connectivity index (χ0v) is 25.2. The first-order valence-corrected chi connectivity index (χ1v) is 14.5. The van der Waals surface area contributed by atoms with E-state index in [4.69, 9.17) is 9.47 Å². The minimum Gasteiger partial charge on any atom is -0.456 e. The number of ether oxygens (including phenoxy) is 2. The number of rotatable bonds is 7. The molecule has 0 amide bonds. The molecule has 2 aliphatic carbocycles. The quantitative estimate of drug-likeness (QED) is 0.241. The minimum absolute atomic E-state index is 0. The number of halogens is 1. The molecule has 0 bridgehead atoms. The lowest BCUT2D eigenvalue weighted by Crippen LogP contribution is -2.86. The van der Waals surface area contributed by atoms with Crippen LogP contribution in [0, 0.1) is 16.7 Å². The first-order chi connectivity index (χ1) is 17.7. The Morgan fingerprint density at radius 2 is 1.77 bits per heavy atom. The van der Waals surface area contributed by atoms with Crippen LogP contribution in [0.3, 0.4) is 0 Å². The third-order valence-electron chi connectivity index (χ3n) is 10.5. The molecule has 0 aromatic rings. The molecule has 0 radical (unpaired) electrons. The van der Waals surface area contributed by atoms with Crippen molar-refractivity contribution < 1.29 is 34.4 Å². The highest BCUT2D eigenvalue weighted by molar-refractivity contribution is 5.92. The lowest BCUT2D eigenvalue weighted by atomic mass is 9.40. The second-order valence-corrected chi connectivity index (χ2v) is 13.6. The van der Waals surface area contributed by atoms with E-state index in [0.717, 1.165) is 26.1 Å². The van der Waals surface area contributed by atoms with E-state index in [1.165, 1.54) is 25.3 Å². The standard InChI is InChI=1S/C30H49NO7.ClH/c1-7-27(4)19-21(33)30(36)28(5)20(32)14-15-26(2,3)24(28)23(35)25(29(30,6)38-27)37-22(34)13-9-12-18-31-16-10-8-11-17-31;/h7,20,23-25,32,35-36H,1,8-19H2,2-6H3;1H/t20-,23-,24-,25-,27-,28-,29+,30-;/m0./s1. The SMILES string of the molecule is C=C[C@@]1(C)CC(=O)[C@]2(O)[C@@]3(C)[C@@H](O)CCC(C)(C)[C@@H]3[C@H](O)[C@H](OC(=O)CCCCN3CCCCC3)[C@@]2(C)O1.Cl. The van der Waals surface area contributed by atoms with E-state index in [1.807, 2.05) is 13.8 Å². The molecule has 2 aliphatic heterocycles. The number of Topliss-reactive ketones (excluding diaryl/α,β-unsaturated/α-hetero) is 1. The molecule has 0 aromatic heterocycles. The monoisotopic (exact) mass is 571 g/mol. The van der Waals surface area contributed by atoms with Gasteiger partial charge in [-0.25, -0.2) is 0 Å². The number of nitrogens with zero attached hydrogens (tertiary/aromatic N) is 1. The van der Waals surface area contributed by atoms with Crippen LogP contribution in [-0.4, -0.2) is 86.7 Å². The Morgan fingerprint density at radius 3 is 2.38 bits per heavy atom. The Labute approximate surface area is 239 Å². The van der Waals surface area contributed by atoms with Crippen LogP contribution in [0.2, 0.25) is 0 Å². The Balaban J connectivity index is 0.00000420. The van der Waals surface area contributed by atoms with Crippen molar-refractivity contribution in [3.8, 4) is 0 Å². The van der Waals surface area contributed by atoms with Gasteiger partial charge in [-0.2, -0.15) is 0 Å². The molecule has 0 aromatic carbocycles. The Kier molecular flexibility index (Phi) is 9.44. The maximum Gasteiger partial charge on any atom is 0.306 e. The fraction of sp³-hybridized carbons (Fsp3) is 0.867. The minimum atomic E-state index is -2.19. The number of aliphatic hydroxyl groups excluding tert-OH is 2. The van der Waals surface area contributed by atoms with Gasteiger partial charge in [0.1, 0.15) is 5.60 Å². The summed E-state index contributed by atoms with van der Waals surface area (Å²) in [4.78, 5) is 29.5. The molecule has 4 rings (SSSR count). The maximum absolute atomic E-state index is 13.9. The molecule has 8 atom stereocenters. The van der Waals surface area contributed by atoms with E-state index in [1.54, 1.807) is 20.8 Å². The van der Waals surface area contributed by atoms with Crippen LogP contribution < -0.4 is 0 Å². The van der Waals surface area contributed by atoms with Gasteiger partial charge in [0.25, 0.3) is 0 Å². The molecule has 2 saturated carbocycles. The topological polar surface area (TPSA) is 117 Å². The highest BCUT2D eigenvalue weighted by Crippen LogP contribution is 2.67. The normalized spacial score (nSPS) is 43.9. The van der Waals surface area contributed by atoms with Gasteiger partial charge in [0.05, 0.1) is 17.8 Å². The highest BCUT2D eigenvalue weighted by Gasteiger charge is 2.81. The molecule has 4 aliphatic rings. The number of esters is 1. The summed E-state index contributed by atoms with van der Waals surface area (Å²) in [6.07, 6.45) is 4.14. The first kappa shape index (κ1) is 32.5. The molecule has 0 spiro atoms. The second-order valence-electron chi connectivity index (χ2n) is 13.6. The molecular formula is C30H50ClNO7. The fourth-order valence-electron chi connectivity index (χ4n) is 8.47. The summed E-state index contributed by atoms with van der Waals surface area (Å²) in [6.45, 7) is 15.8. The average Bonchev–Trinajstić information content (AvgIpc) is 2.85. The van der Waals surface area contributed by atoms with Crippen LogP contribution in [0.4, 0.5) is 0 Å². The molecular weight excluding hydrogens is 522 g/mol. The highest BCUT2D eigenvalue weighted by atomic mass is 35.5. The van der Waals surface area contributed by atoms with Gasteiger partial charge in [-0.1, -0.05) is 33.3 Å². The first-order valence-electron chi connectivity index (χ1n) is 14.5. The van der Waals surface area contributed by atoms with Crippen molar-refractivity contribution in [3.63, 3.8) is 0 Å². The number of carbonyl (C=O) groups is 2. The van der Waals surface area contributed by atoms with Crippen molar-refractivity contribution in [2.75, 3.05) is 19.6 Å². The van der Waals surface area contributed by atoms with Crippen LogP contribution in [0.15, 0.2) is 12.7 Å². The summed E-state index contributed by atoms with van der Waals surface area (Å²) in [6, 6.07) is 0. The Morgan fingerprint density at radius 1 is 1.13 bits per heavy atom. The summed E-state index contributed by atoms with van der Waals surface area (Å²) in [7, 11) is 0. The lowest BCUT2D eigenvalue weighted by Gasteiger charge is -2.71. The third kappa shape index (κ3) is 5.12. The summed E-state index contributed by atoms with van der Waals surface area (Å²) >= 11 is 0. The number of aliphatic hydroxyl groups is 3. The van der Waals surface area contributed by atoms with Gasteiger partial charge in [-0.15, -0.1) is 19.0 Å². The number of ketones is 1. The molecule has 8 nitrogen and oxygen atoms in total. The van der Waals surface area contributed by atoms with Crippen LogP contribution >= 0.6 is 12.4 Å². The molecule has 3 N–H and O–H groups in total. The van der Waals surface area contributed by atoms with Crippen LogP contribution in [0.1, 0.15) is 92.4 Å². The van der Waals surface area contributed by atoms with Crippen LogP contribution in [0.25, 0.3) is 0 Å². The van der Waals surface area contributed by atoms with Crippen molar-refractivity contribution in [2.24, 2.45) is 16.7 Å². The summed E-state index contributed by atoms with van der Waals surface area (Å²) in [5.74, 6) is -1.70. The van der Waals surface area contributed by atoms with Gasteiger partial charge in [0.15, 0.2) is 17.5 Å². The van der Waals surface area contributed by atoms with Gasteiger partial charge in [0.2, 0.25) is 0 Å². The summed E-state index contributed by atoms with van der Waals surface area (Å²) < 4.78 is 12.5. The number of likely N-dealkylation sites (tertiary alicyclic amines) is 1. The smallest absolute Gasteiger partial charge is 0.306 e. The van der Waals surface area contributed by atoms with Crippen LogP contribution in [-0.2, 0) is 19.1 Å². The van der Waals surface area contributed by atoms with Gasteiger partial charge < -0.3 is 29.7 Å². The molecule has 0 unspecified atom stereocenters. The van der Waals surface area contributed by atoms with E-state index in [9.17, 15) is 24.9 Å². The lowest BCUT2D eigenvalue weighted by molar-refractivity contribution is -0.370. The summed E-state index contributed by atoms with van der Waals surface area (Å²) in [5.41, 5.74) is -7.07. The van der Waals surface area contributed by atoms with Crippen molar-refractivity contribution in [1.82, 2.24) is 4.90 Å². The Bertz CT molecular complexity index is 938. The van der Waals surface area contributed by atoms with E-state index in [2.05, 4.69) is 11.5 Å². The van der Waals surface area contributed by atoms with E-state index >= 15 is 0 Å². The van der Waals surface area contributed by atoms with Crippen molar-refractivity contribution in [2.45, 2.75) is 128 Å². The largest absolute Gasteiger partial charge is 0.456 e. The number of fused-ring (bicyclic) bond motifs is 3. The van der Waals surface area contributed by atoms with Gasteiger partial charge in [-0.05, 0) is 77.4 Å². The molecule has 9 heteroatoms. The third-order valence-corrected chi connectivity index (χ3v) is 10.5. The number of unbranched alkanes of at least 4 members (excludes halogenated alkanes) is 1.